The number of carbonyl (C=O) groups excluding carboxylic acids is 1. The Morgan fingerprint density at radius 1 is 1.27 bits per heavy atom. The molecular formula is C18H22O4. The van der Waals surface area contributed by atoms with Crippen LogP contribution in [-0.4, -0.2) is 22.6 Å². The topological polar surface area (TPSA) is 66.8 Å². The van der Waals surface area contributed by atoms with Gasteiger partial charge in [0.15, 0.2) is 6.61 Å². The van der Waals surface area contributed by atoms with Crippen molar-refractivity contribution >= 4 is 5.78 Å². The van der Waals surface area contributed by atoms with Crippen molar-refractivity contribution in [1.29, 1.82) is 0 Å². The van der Waals surface area contributed by atoms with Crippen LogP contribution in [0.2, 0.25) is 0 Å². The number of hydrogen-bond acceptors (Lipinski definition) is 4. The normalized spacial score (nSPS) is 13.8. The van der Waals surface area contributed by atoms with Crippen LogP contribution in [0.1, 0.15) is 49.5 Å². The molecule has 1 heterocycles. The fraction of sp³-hybridized carbons (Fsp3) is 0.389. The fourth-order valence-electron chi connectivity index (χ4n) is 2.44. The largest absolute Gasteiger partial charge is 0.507 e. The molecular weight excluding hydrogens is 280 g/mol. The molecule has 0 saturated heterocycles. The molecule has 0 bridgehead atoms. The van der Waals surface area contributed by atoms with Crippen LogP contribution in [0.4, 0.5) is 0 Å². The number of phenols is 2. The summed E-state index contributed by atoms with van der Waals surface area (Å²) in [6.45, 7) is 6.08. The number of ketones is 1. The predicted octanol–water partition coefficient (Wildman–Crippen LogP) is 3.91. The minimum atomic E-state index is -0.252. The molecule has 1 aromatic rings. The summed E-state index contributed by atoms with van der Waals surface area (Å²) in [6, 6.07) is 1.40. The van der Waals surface area contributed by atoms with Crippen LogP contribution in [0.3, 0.4) is 0 Å². The lowest BCUT2D eigenvalue weighted by Crippen LogP contribution is -2.00. The van der Waals surface area contributed by atoms with Gasteiger partial charge in [0.2, 0.25) is 5.78 Å². The Hall–Kier alpha value is -2.23. The van der Waals surface area contributed by atoms with Crippen LogP contribution >= 0.6 is 0 Å². The Balaban J connectivity index is 2.15. The summed E-state index contributed by atoms with van der Waals surface area (Å²) < 4.78 is 5.14. The van der Waals surface area contributed by atoms with Gasteiger partial charge in [0.1, 0.15) is 22.8 Å². The molecule has 2 rings (SSSR count). The van der Waals surface area contributed by atoms with Gasteiger partial charge in [0.05, 0.1) is 0 Å². The first kappa shape index (κ1) is 16.1. The average Bonchev–Trinajstić information content (AvgIpc) is 2.79. The van der Waals surface area contributed by atoms with Crippen LogP contribution in [-0.2, 0) is 6.42 Å². The van der Waals surface area contributed by atoms with E-state index in [9.17, 15) is 15.0 Å². The third-order valence-corrected chi connectivity index (χ3v) is 3.73. The van der Waals surface area contributed by atoms with Gasteiger partial charge < -0.3 is 14.9 Å². The second-order valence-electron chi connectivity index (χ2n) is 5.88. The minimum Gasteiger partial charge on any atom is -0.507 e. The SMILES string of the molecule is CC(C)=CCC/C(C)=C\Cc1c(O)cc2c(c1O)C(=O)CO2. The predicted molar refractivity (Wildman–Crippen MR) is 85.7 cm³/mol. The number of aromatic hydroxyl groups is 2. The van der Waals surface area contributed by atoms with E-state index in [1.807, 2.05) is 13.0 Å². The number of ether oxygens (including phenoxy) is 1. The molecule has 0 spiro atoms. The van der Waals surface area contributed by atoms with Crippen LogP contribution in [0.25, 0.3) is 0 Å². The Morgan fingerprint density at radius 2 is 2.00 bits per heavy atom. The highest BCUT2D eigenvalue weighted by Crippen LogP contribution is 2.41. The highest BCUT2D eigenvalue weighted by Gasteiger charge is 2.28. The van der Waals surface area contributed by atoms with Crippen molar-refractivity contribution < 1.29 is 19.7 Å². The Morgan fingerprint density at radius 3 is 2.68 bits per heavy atom. The number of rotatable bonds is 5. The smallest absolute Gasteiger partial charge is 0.207 e. The fourth-order valence-corrected chi connectivity index (χ4v) is 2.44. The van der Waals surface area contributed by atoms with Crippen molar-refractivity contribution in [1.82, 2.24) is 0 Å². The maximum absolute atomic E-state index is 11.7. The first-order valence-electron chi connectivity index (χ1n) is 7.43. The number of Topliss-reactive ketones (excluding diaryl/α,β-unsaturated/α-hetero) is 1. The highest BCUT2D eigenvalue weighted by atomic mass is 16.5. The summed E-state index contributed by atoms with van der Waals surface area (Å²) in [4.78, 5) is 11.7. The van der Waals surface area contributed by atoms with E-state index in [-0.39, 0.29) is 35.2 Å². The highest BCUT2D eigenvalue weighted by molar-refractivity contribution is 6.05. The molecule has 1 aromatic carbocycles. The Labute approximate surface area is 130 Å². The molecule has 0 amide bonds. The van der Waals surface area contributed by atoms with Gasteiger partial charge in [-0.2, -0.15) is 0 Å². The summed E-state index contributed by atoms with van der Waals surface area (Å²) in [5, 5.41) is 20.2. The molecule has 0 unspecified atom stereocenters. The van der Waals surface area contributed by atoms with Gasteiger partial charge in [-0.3, -0.25) is 4.79 Å². The maximum Gasteiger partial charge on any atom is 0.207 e. The van der Waals surface area contributed by atoms with Crippen molar-refractivity contribution in [2.45, 2.75) is 40.0 Å². The molecule has 1 aliphatic heterocycles. The molecule has 118 valence electrons. The summed E-state index contributed by atoms with van der Waals surface area (Å²) >= 11 is 0. The average molecular weight is 302 g/mol. The van der Waals surface area contributed by atoms with Crippen LogP contribution < -0.4 is 4.74 Å². The molecule has 1 aliphatic rings. The van der Waals surface area contributed by atoms with Gasteiger partial charge in [0, 0.05) is 11.6 Å². The summed E-state index contributed by atoms with van der Waals surface area (Å²) in [6.07, 6.45) is 6.44. The van der Waals surface area contributed by atoms with Gasteiger partial charge in [-0.25, -0.2) is 0 Å². The molecule has 0 aromatic heterocycles. The Kier molecular flexibility index (Phi) is 4.91. The van der Waals surface area contributed by atoms with E-state index in [0.717, 1.165) is 12.8 Å². The second kappa shape index (κ2) is 6.69. The summed E-state index contributed by atoms with van der Waals surface area (Å²) in [5.74, 6) is -0.198. The summed E-state index contributed by atoms with van der Waals surface area (Å²) in [7, 11) is 0. The lowest BCUT2D eigenvalue weighted by molar-refractivity contribution is 0.0959. The quantitative estimate of drug-likeness (QED) is 0.809. The number of phenolic OH excluding ortho intramolecular Hbond substituents is 2. The number of hydrogen-bond donors (Lipinski definition) is 2. The third kappa shape index (κ3) is 3.50. The standard InChI is InChI=1S/C18H22O4/c1-11(2)5-4-6-12(3)7-8-13-14(19)9-16-17(18(13)21)15(20)10-22-16/h5,7,9,19,21H,4,6,8,10H2,1-3H3/b12-7-. The van der Waals surface area contributed by atoms with E-state index in [2.05, 4.69) is 19.9 Å². The first-order chi connectivity index (χ1) is 10.4. The molecule has 0 saturated carbocycles. The van der Waals surface area contributed by atoms with E-state index in [1.165, 1.54) is 17.2 Å². The van der Waals surface area contributed by atoms with Crippen molar-refractivity contribution in [3.8, 4) is 17.2 Å². The zero-order valence-corrected chi connectivity index (χ0v) is 13.3. The molecule has 4 nitrogen and oxygen atoms in total. The summed E-state index contributed by atoms with van der Waals surface area (Å²) in [5.41, 5.74) is 3.03. The lowest BCUT2D eigenvalue weighted by atomic mass is 10.0. The second-order valence-corrected chi connectivity index (χ2v) is 5.88. The lowest BCUT2D eigenvalue weighted by Gasteiger charge is -2.09. The van der Waals surface area contributed by atoms with E-state index < -0.39 is 0 Å². The van der Waals surface area contributed by atoms with E-state index in [4.69, 9.17) is 4.74 Å². The van der Waals surface area contributed by atoms with Gasteiger partial charge in [0.25, 0.3) is 0 Å². The van der Waals surface area contributed by atoms with Gasteiger partial charge in [-0.15, -0.1) is 0 Å². The van der Waals surface area contributed by atoms with Gasteiger partial charge in [-0.05, 0) is 40.0 Å². The van der Waals surface area contributed by atoms with Crippen molar-refractivity contribution in [2.75, 3.05) is 6.61 Å². The van der Waals surface area contributed by atoms with Gasteiger partial charge >= 0.3 is 0 Å². The number of fused-ring (bicyclic) bond motifs is 1. The van der Waals surface area contributed by atoms with E-state index >= 15 is 0 Å². The van der Waals surface area contributed by atoms with E-state index in [0.29, 0.717) is 12.0 Å². The molecule has 2 N–H and O–H groups in total. The maximum atomic E-state index is 11.7. The molecule has 0 atom stereocenters. The third-order valence-electron chi connectivity index (χ3n) is 3.73. The monoisotopic (exact) mass is 302 g/mol. The zero-order chi connectivity index (χ0) is 16.3. The molecule has 4 heteroatoms. The van der Waals surface area contributed by atoms with Crippen molar-refractivity contribution in [2.24, 2.45) is 0 Å². The van der Waals surface area contributed by atoms with Gasteiger partial charge in [-0.1, -0.05) is 23.3 Å². The molecule has 22 heavy (non-hydrogen) atoms. The van der Waals surface area contributed by atoms with E-state index in [1.54, 1.807) is 0 Å². The van der Waals surface area contributed by atoms with Crippen molar-refractivity contribution in [3.63, 3.8) is 0 Å². The number of allylic oxidation sites excluding steroid dienone is 4. The van der Waals surface area contributed by atoms with Crippen molar-refractivity contribution in [3.05, 3.63) is 40.5 Å². The number of benzene rings is 1. The van der Waals surface area contributed by atoms with Crippen LogP contribution in [0, 0.1) is 0 Å². The Bertz CT molecular complexity index is 650. The molecule has 0 aliphatic carbocycles. The minimum absolute atomic E-state index is 0.0423. The first-order valence-corrected chi connectivity index (χ1v) is 7.43. The van der Waals surface area contributed by atoms with Crippen LogP contribution in [0.5, 0.6) is 17.2 Å². The number of carbonyl (C=O) groups is 1. The van der Waals surface area contributed by atoms with Crippen LogP contribution in [0.15, 0.2) is 29.4 Å². The molecule has 0 radical (unpaired) electrons. The molecule has 0 fully saturated rings. The zero-order valence-electron chi connectivity index (χ0n) is 13.3.